The fraction of sp³-hybridized carbons (Fsp3) is 0.188. The topological polar surface area (TPSA) is 127 Å². The molecule has 9 heteroatoms. The first-order valence-electron chi connectivity index (χ1n) is 7.47. The lowest BCUT2D eigenvalue weighted by atomic mass is 10.1. The number of benzene rings is 1. The number of hydrogen-bond donors (Lipinski definition) is 3. The summed E-state index contributed by atoms with van der Waals surface area (Å²) in [5.41, 5.74) is 1.24. The molecule has 1 aromatic heterocycles. The van der Waals surface area contributed by atoms with Crippen molar-refractivity contribution in [3.63, 3.8) is 0 Å². The zero-order valence-electron chi connectivity index (χ0n) is 13.5. The minimum atomic E-state index is -3.69. The Morgan fingerprint density at radius 1 is 1.20 bits per heavy atom. The van der Waals surface area contributed by atoms with Crippen molar-refractivity contribution in [1.29, 1.82) is 0 Å². The zero-order valence-corrected chi connectivity index (χ0v) is 14.3. The van der Waals surface area contributed by atoms with E-state index in [0.29, 0.717) is 31.0 Å². The van der Waals surface area contributed by atoms with E-state index < -0.39 is 10.0 Å². The number of hydrogen-bond acceptors (Lipinski definition) is 6. The normalized spacial score (nSPS) is 10.9. The number of carbonyl (C=O) groups is 1. The molecule has 0 saturated carbocycles. The van der Waals surface area contributed by atoms with Gasteiger partial charge in [0.2, 0.25) is 16.0 Å². The molecule has 0 saturated heterocycles. The molecule has 4 N–H and O–H groups in total. The number of amides is 1. The van der Waals surface area contributed by atoms with Gasteiger partial charge in [-0.25, -0.2) is 23.5 Å². The molecule has 2 aromatic rings. The van der Waals surface area contributed by atoms with E-state index in [1.807, 2.05) is 0 Å². The fourth-order valence-electron chi connectivity index (χ4n) is 1.97. The average molecular weight is 361 g/mol. The minimum Gasteiger partial charge on any atom is -0.352 e. The Balaban J connectivity index is 1.84. The van der Waals surface area contributed by atoms with E-state index in [1.54, 1.807) is 18.2 Å². The van der Waals surface area contributed by atoms with Crippen molar-refractivity contribution < 1.29 is 13.2 Å². The number of rotatable bonds is 8. The van der Waals surface area contributed by atoms with Crippen LogP contribution in [0.3, 0.4) is 0 Å². The summed E-state index contributed by atoms with van der Waals surface area (Å²) in [5.74, 6) is 0.142. The van der Waals surface area contributed by atoms with Crippen LogP contribution < -0.4 is 15.8 Å². The summed E-state index contributed by atoms with van der Waals surface area (Å²) < 4.78 is 22.4. The van der Waals surface area contributed by atoms with Crippen LogP contribution >= 0.6 is 0 Å². The molecular formula is C16H19N5O3S. The molecule has 8 nitrogen and oxygen atoms in total. The van der Waals surface area contributed by atoms with E-state index in [2.05, 4.69) is 27.2 Å². The quantitative estimate of drug-likeness (QED) is 0.594. The lowest BCUT2D eigenvalue weighted by molar-refractivity contribution is 0.0953. The Hall–Kier alpha value is -2.78. The van der Waals surface area contributed by atoms with E-state index in [1.165, 1.54) is 24.5 Å². The molecule has 1 aromatic carbocycles. The summed E-state index contributed by atoms with van der Waals surface area (Å²) in [6.45, 7) is 4.51. The molecule has 1 amide bonds. The van der Waals surface area contributed by atoms with E-state index in [4.69, 9.17) is 5.14 Å². The summed E-state index contributed by atoms with van der Waals surface area (Å²) in [6, 6.07) is 6.20. The molecule has 1 heterocycles. The van der Waals surface area contributed by atoms with Crippen molar-refractivity contribution in [3.05, 3.63) is 60.4 Å². The van der Waals surface area contributed by atoms with Gasteiger partial charge in [0.25, 0.3) is 5.91 Å². The summed E-state index contributed by atoms with van der Waals surface area (Å²) in [4.78, 5) is 20.2. The van der Waals surface area contributed by atoms with E-state index in [-0.39, 0.29) is 10.8 Å². The Bertz CT molecular complexity index is 833. The highest BCUT2D eigenvalue weighted by Crippen LogP contribution is 2.09. The first-order valence-corrected chi connectivity index (χ1v) is 9.01. The molecule has 0 aliphatic heterocycles. The first-order chi connectivity index (χ1) is 11.9. The van der Waals surface area contributed by atoms with E-state index >= 15 is 0 Å². The van der Waals surface area contributed by atoms with Crippen molar-refractivity contribution in [1.82, 2.24) is 15.3 Å². The van der Waals surface area contributed by atoms with Crippen LogP contribution in [0.2, 0.25) is 0 Å². The van der Waals surface area contributed by atoms with Gasteiger partial charge in [-0.3, -0.25) is 4.79 Å². The van der Waals surface area contributed by atoms with E-state index in [9.17, 15) is 13.2 Å². The Kier molecular flexibility index (Phi) is 6.20. The predicted octanol–water partition coefficient (Wildman–Crippen LogP) is 0.694. The van der Waals surface area contributed by atoms with Gasteiger partial charge in [-0.1, -0.05) is 18.2 Å². The number of sulfonamides is 1. The molecule has 0 spiro atoms. The van der Waals surface area contributed by atoms with Gasteiger partial charge in [0.15, 0.2) is 0 Å². The Morgan fingerprint density at radius 3 is 2.40 bits per heavy atom. The standard InChI is InChI=1S/C16H19N5O3S/c1-2-8-19-16-20-10-13(11-21-16)15(22)18-9-7-12-3-5-14(6-4-12)25(17,23)24/h2-6,10-11H,1,7-9H2,(H,18,22)(H2,17,23,24)(H,19,20,21). The number of carbonyl (C=O) groups excluding carboxylic acids is 1. The van der Waals surface area contributed by atoms with Gasteiger partial charge in [0.05, 0.1) is 10.5 Å². The van der Waals surface area contributed by atoms with Crippen LogP contribution in [0, 0.1) is 0 Å². The molecule has 0 bridgehead atoms. The van der Waals surface area contributed by atoms with Crippen LogP contribution in [0.15, 0.2) is 54.2 Å². The fourth-order valence-corrected chi connectivity index (χ4v) is 2.48. The summed E-state index contributed by atoms with van der Waals surface area (Å²) in [7, 11) is -3.69. The third kappa shape index (κ3) is 5.66. The predicted molar refractivity (Wildman–Crippen MR) is 94.6 cm³/mol. The van der Waals surface area contributed by atoms with Crippen molar-refractivity contribution in [2.45, 2.75) is 11.3 Å². The number of primary sulfonamides is 1. The van der Waals surface area contributed by atoms with Crippen LogP contribution in [0.1, 0.15) is 15.9 Å². The number of nitrogens with two attached hydrogens (primary N) is 1. The highest BCUT2D eigenvalue weighted by molar-refractivity contribution is 7.89. The highest BCUT2D eigenvalue weighted by Gasteiger charge is 2.08. The van der Waals surface area contributed by atoms with Gasteiger partial charge < -0.3 is 10.6 Å². The molecule has 0 aliphatic carbocycles. The second-order valence-electron chi connectivity index (χ2n) is 5.16. The van der Waals surface area contributed by atoms with Crippen molar-refractivity contribution in [3.8, 4) is 0 Å². The van der Waals surface area contributed by atoms with Crippen LogP contribution in [0.25, 0.3) is 0 Å². The van der Waals surface area contributed by atoms with Gasteiger partial charge in [0, 0.05) is 25.5 Å². The Labute approximate surface area is 146 Å². The number of nitrogens with one attached hydrogen (secondary N) is 2. The molecule has 0 atom stereocenters. The van der Waals surface area contributed by atoms with Crippen LogP contribution in [0.4, 0.5) is 5.95 Å². The molecule has 0 unspecified atom stereocenters. The zero-order chi connectivity index (χ0) is 18.3. The second-order valence-corrected chi connectivity index (χ2v) is 6.72. The average Bonchev–Trinajstić information content (AvgIpc) is 2.60. The lowest BCUT2D eigenvalue weighted by Gasteiger charge is -2.06. The largest absolute Gasteiger partial charge is 0.352 e. The van der Waals surface area contributed by atoms with Crippen molar-refractivity contribution in [2.24, 2.45) is 5.14 Å². The minimum absolute atomic E-state index is 0.0580. The molecule has 0 fully saturated rings. The van der Waals surface area contributed by atoms with Gasteiger partial charge in [-0.05, 0) is 24.1 Å². The third-order valence-corrected chi connectivity index (χ3v) is 4.20. The van der Waals surface area contributed by atoms with Gasteiger partial charge in [-0.15, -0.1) is 6.58 Å². The molecule has 0 aliphatic rings. The van der Waals surface area contributed by atoms with Gasteiger partial charge in [0.1, 0.15) is 0 Å². The van der Waals surface area contributed by atoms with Crippen LogP contribution in [0.5, 0.6) is 0 Å². The molecule has 0 radical (unpaired) electrons. The first kappa shape index (κ1) is 18.6. The summed E-state index contributed by atoms with van der Waals surface area (Å²) >= 11 is 0. The van der Waals surface area contributed by atoms with Crippen LogP contribution in [-0.4, -0.2) is 37.4 Å². The van der Waals surface area contributed by atoms with E-state index in [0.717, 1.165) is 5.56 Å². The lowest BCUT2D eigenvalue weighted by Crippen LogP contribution is -2.26. The molecule has 132 valence electrons. The maximum Gasteiger partial charge on any atom is 0.254 e. The summed E-state index contributed by atoms with van der Waals surface area (Å²) in [5, 5.41) is 10.7. The molecular weight excluding hydrogens is 342 g/mol. The maximum atomic E-state index is 12.0. The highest BCUT2D eigenvalue weighted by atomic mass is 32.2. The monoisotopic (exact) mass is 361 g/mol. The Morgan fingerprint density at radius 2 is 1.84 bits per heavy atom. The van der Waals surface area contributed by atoms with Gasteiger partial charge in [-0.2, -0.15) is 0 Å². The maximum absolute atomic E-state index is 12.0. The SMILES string of the molecule is C=CCNc1ncc(C(=O)NCCc2ccc(S(N)(=O)=O)cc2)cn1. The third-order valence-electron chi connectivity index (χ3n) is 3.27. The van der Waals surface area contributed by atoms with Crippen molar-refractivity contribution in [2.75, 3.05) is 18.4 Å². The second kappa shape index (κ2) is 8.36. The number of anilines is 1. The van der Waals surface area contributed by atoms with Gasteiger partial charge >= 0.3 is 0 Å². The summed E-state index contributed by atoms with van der Waals surface area (Å²) in [6.07, 6.45) is 5.11. The number of nitrogens with zero attached hydrogens (tertiary/aromatic N) is 2. The number of aromatic nitrogens is 2. The van der Waals surface area contributed by atoms with Crippen molar-refractivity contribution >= 4 is 21.9 Å². The molecule has 25 heavy (non-hydrogen) atoms. The molecule has 2 rings (SSSR count). The smallest absolute Gasteiger partial charge is 0.254 e. The van der Waals surface area contributed by atoms with Crippen LogP contribution in [-0.2, 0) is 16.4 Å².